The van der Waals surface area contributed by atoms with Crippen LogP contribution in [0.15, 0.2) is 30.5 Å². The van der Waals surface area contributed by atoms with Gasteiger partial charge in [-0.3, -0.25) is 0 Å². The van der Waals surface area contributed by atoms with Crippen molar-refractivity contribution in [1.29, 1.82) is 0 Å². The molecule has 0 radical (unpaired) electrons. The Bertz CT molecular complexity index is 519. The third-order valence-corrected chi connectivity index (χ3v) is 3.53. The van der Waals surface area contributed by atoms with Gasteiger partial charge in [-0.2, -0.15) is 0 Å². The lowest BCUT2D eigenvalue weighted by atomic mass is 9.92. The summed E-state index contributed by atoms with van der Waals surface area (Å²) in [6, 6.07) is 8.20. The first kappa shape index (κ1) is 9.87. The number of benzene rings is 1. The Kier molecular flexibility index (Phi) is 2.06. The van der Waals surface area contributed by atoms with Crippen molar-refractivity contribution in [1.82, 2.24) is 9.88 Å². The van der Waals surface area contributed by atoms with Crippen LogP contribution in [-0.2, 0) is 5.60 Å². The maximum atomic E-state index is 10.6. The van der Waals surface area contributed by atoms with Crippen molar-refractivity contribution in [3.05, 3.63) is 36.0 Å². The van der Waals surface area contributed by atoms with Crippen LogP contribution in [-0.4, -0.2) is 35.1 Å². The minimum Gasteiger partial charge on any atom is -0.384 e. The fraction of sp³-hybridized carbons (Fsp3) is 0.385. The van der Waals surface area contributed by atoms with E-state index in [1.807, 2.05) is 31.4 Å². The number of likely N-dealkylation sites (tertiary alicyclic amines) is 1. The molecule has 2 N–H and O–H groups in total. The van der Waals surface area contributed by atoms with E-state index in [0.29, 0.717) is 0 Å². The number of aromatic amines is 1. The van der Waals surface area contributed by atoms with E-state index >= 15 is 0 Å². The molecule has 2 aromatic rings. The van der Waals surface area contributed by atoms with E-state index in [0.717, 1.165) is 30.6 Å². The lowest BCUT2D eigenvalue weighted by Crippen LogP contribution is -2.29. The Labute approximate surface area is 94.7 Å². The summed E-state index contributed by atoms with van der Waals surface area (Å²) in [6.45, 7) is 1.69. The summed E-state index contributed by atoms with van der Waals surface area (Å²) < 4.78 is 0. The predicted octanol–water partition coefficient (Wildman–Crippen LogP) is 1.69. The Balaban J connectivity index is 2.05. The second-order valence-corrected chi connectivity index (χ2v) is 4.80. The first-order chi connectivity index (χ1) is 7.67. The van der Waals surface area contributed by atoms with Crippen LogP contribution in [0.25, 0.3) is 10.9 Å². The van der Waals surface area contributed by atoms with Gasteiger partial charge < -0.3 is 15.0 Å². The molecule has 1 atom stereocenters. The van der Waals surface area contributed by atoms with Crippen molar-refractivity contribution >= 4 is 10.9 Å². The van der Waals surface area contributed by atoms with Gasteiger partial charge in [-0.15, -0.1) is 0 Å². The predicted molar refractivity (Wildman–Crippen MR) is 64.3 cm³/mol. The zero-order chi connectivity index (χ0) is 11.2. The van der Waals surface area contributed by atoms with E-state index in [2.05, 4.69) is 16.0 Å². The Hall–Kier alpha value is -1.32. The summed E-state index contributed by atoms with van der Waals surface area (Å²) in [5.74, 6) is 0. The molecule has 84 valence electrons. The Morgan fingerprint density at radius 2 is 2.25 bits per heavy atom. The standard InChI is InChI=1S/C13H16N2O/c1-15-7-5-13(16,9-15)11-2-3-12-10(8-11)4-6-14-12/h2-4,6,8,14,16H,5,7,9H2,1H3. The maximum Gasteiger partial charge on any atom is 0.103 e. The molecule has 1 saturated heterocycles. The van der Waals surface area contributed by atoms with Crippen LogP contribution in [0.5, 0.6) is 0 Å². The van der Waals surface area contributed by atoms with E-state index in [4.69, 9.17) is 0 Å². The molecule has 1 fully saturated rings. The minimum absolute atomic E-state index is 0.666. The fourth-order valence-corrected chi connectivity index (χ4v) is 2.56. The molecule has 1 aliphatic heterocycles. The molecular weight excluding hydrogens is 200 g/mol. The lowest BCUT2D eigenvalue weighted by Gasteiger charge is -2.23. The molecule has 16 heavy (non-hydrogen) atoms. The number of nitrogens with one attached hydrogen (secondary N) is 1. The van der Waals surface area contributed by atoms with Crippen molar-refractivity contribution in [3.8, 4) is 0 Å². The van der Waals surface area contributed by atoms with Gasteiger partial charge in [0.05, 0.1) is 0 Å². The van der Waals surface area contributed by atoms with E-state index in [-0.39, 0.29) is 0 Å². The van der Waals surface area contributed by atoms with Gasteiger partial charge in [-0.1, -0.05) is 6.07 Å². The molecular formula is C13H16N2O. The molecule has 0 aliphatic carbocycles. The summed E-state index contributed by atoms with van der Waals surface area (Å²) in [5.41, 5.74) is 1.49. The molecule has 0 amide bonds. The van der Waals surface area contributed by atoms with Crippen molar-refractivity contribution in [3.63, 3.8) is 0 Å². The first-order valence-electron chi connectivity index (χ1n) is 5.66. The summed E-state index contributed by atoms with van der Waals surface area (Å²) in [5, 5.41) is 11.7. The molecule has 0 bridgehead atoms. The van der Waals surface area contributed by atoms with Gasteiger partial charge in [-0.05, 0) is 42.6 Å². The molecule has 1 unspecified atom stereocenters. The normalized spacial score (nSPS) is 26.6. The molecule has 0 saturated carbocycles. The number of aliphatic hydroxyl groups is 1. The van der Waals surface area contributed by atoms with E-state index in [1.165, 1.54) is 5.39 Å². The number of fused-ring (bicyclic) bond motifs is 1. The highest BCUT2D eigenvalue weighted by Gasteiger charge is 2.35. The van der Waals surface area contributed by atoms with Crippen LogP contribution in [0.4, 0.5) is 0 Å². The van der Waals surface area contributed by atoms with Crippen molar-refractivity contribution in [2.75, 3.05) is 20.1 Å². The van der Waals surface area contributed by atoms with Crippen LogP contribution in [0.1, 0.15) is 12.0 Å². The largest absolute Gasteiger partial charge is 0.384 e. The molecule has 0 spiro atoms. The van der Waals surface area contributed by atoms with Crippen LogP contribution >= 0.6 is 0 Å². The fourth-order valence-electron chi connectivity index (χ4n) is 2.56. The Morgan fingerprint density at radius 1 is 1.38 bits per heavy atom. The summed E-state index contributed by atoms with van der Waals surface area (Å²) in [7, 11) is 2.05. The highest BCUT2D eigenvalue weighted by Crippen LogP contribution is 2.32. The third-order valence-electron chi connectivity index (χ3n) is 3.53. The molecule has 1 aromatic heterocycles. The third kappa shape index (κ3) is 1.44. The van der Waals surface area contributed by atoms with Crippen molar-refractivity contribution in [2.45, 2.75) is 12.0 Å². The molecule has 3 rings (SSSR count). The second-order valence-electron chi connectivity index (χ2n) is 4.80. The van der Waals surface area contributed by atoms with Crippen molar-refractivity contribution in [2.24, 2.45) is 0 Å². The van der Waals surface area contributed by atoms with Gasteiger partial charge in [0.1, 0.15) is 5.60 Å². The topological polar surface area (TPSA) is 39.3 Å². The number of aromatic nitrogens is 1. The molecule has 1 aromatic carbocycles. The first-order valence-corrected chi connectivity index (χ1v) is 5.66. The molecule has 3 heteroatoms. The number of hydrogen-bond donors (Lipinski definition) is 2. The van der Waals surface area contributed by atoms with Crippen LogP contribution in [0.2, 0.25) is 0 Å². The SMILES string of the molecule is CN1CCC(O)(c2ccc3[nH]ccc3c2)C1. The number of H-pyrrole nitrogens is 1. The zero-order valence-corrected chi connectivity index (χ0v) is 9.40. The summed E-state index contributed by atoms with van der Waals surface area (Å²) in [6.07, 6.45) is 2.75. The number of rotatable bonds is 1. The average molecular weight is 216 g/mol. The van der Waals surface area contributed by atoms with Crippen LogP contribution < -0.4 is 0 Å². The highest BCUT2D eigenvalue weighted by atomic mass is 16.3. The highest BCUT2D eigenvalue weighted by molar-refractivity contribution is 5.80. The van der Waals surface area contributed by atoms with Gasteiger partial charge in [-0.25, -0.2) is 0 Å². The number of nitrogens with zero attached hydrogens (tertiary/aromatic N) is 1. The maximum absolute atomic E-state index is 10.6. The van der Waals surface area contributed by atoms with E-state index in [9.17, 15) is 5.11 Å². The number of hydrogen-bond acceptors (Lipinski definition) is 2. The monoisotopic (exact) mass is 216 g/mol. The van der Waals surface area contributed by atoms with Gasteiger partial charge >= 0.3 is 0 Å². The smallest absolute Gasteiger partial charge is 0.103 e. The van der Waals surface area contributed by atoms with Gasteiger partial charge in [0.2, 0.25) is 0 Å². The minimum atomic E-state index is -0.666. The summed E-state index contributed by atoms with van der Waals surface area (Å²) >= 11 is 0. The molecule has 2 heterocycles. The van der Waals surface area contributed by atoms with Gasteiger partial charge in [0.25, 0.3) is 0 Å². The quantitative estimate of drug-likeness (QED) is 0.761. The second kappa shape index (κ2) is 3.34. The average Bonchev–Trinajstić information content (AvgIpc) is 2.84. The lowest BCUT2D eigenvalue weighted by molar-refractivity contribution is 0.0490. The molecule has 3 nitrogen and oxygen atoms in total. The van der Waals surface area contributed by atoms with Crippen LogP contribution in [0, 0.1) is 0 Å². The Morgan fingerprint density at radius 3 is 3.00 bits per heavy atom. The number of β-amino-alcohol motifs (C(OH)–C–C–N with tert-alkyl or cyclic N) is 1. The summed E-state index contributed by atoms with van der Waals surface area (Å²) in [4.78, 5) is 5.33. The molecule has 1 aliphatic rings. The van der Waals surface area contributed by atoms with E-state index in [1.54, 1.807) is 0 Å². The van der Waals surface area contributed by atoms with Gasteiger partial charge in [0.15, 0.2) is 0 Å². The van der Waals surface area contributed by atoms with Gasteiger partial charge in [0, 0.05) is 24.8 Å². The van der Waals surface area contributed by atoms with Crippen LogP contribution in [0.3, 0.4) is 0 Å². The van der Waals surface area contributed by atoms with E-state index < -0.39 is 5.60 Å². The van der Waals surface area contributed by atoms with Crippen molar-refractivity contribution < 1.29 is 5.11 Å². The zero-order valence-electron chi connectivity index (χ0n) is 9.40. The number of likely N-dealkylation sites (N-methyl/N-ethyl adjacent to an activating group) is 1.